The van der Waals surface area contributed by atoms with E-state index in [1.54, 1.807) is 6.92 Å². The Morgan fingerprint density at radius 3 is 2.42 bits per heavy atom. The molecule has 5 heteroatoms. The third-order valence-electron chi connectivity index (χ3n) is 1.14. The molecule has 0 radical (unpaired) electrons. The number of hydrogen-bond acceptors (Lipinski definition) is 2. The second-order valence-corrected chi connectivity index (χ2v) is 2.65. The van der Waals surface area contributed by atoms with Gasteiger partial charge in [0.1, 0.15) is 0 Å². The largest absolute Gasteiger partial charge is 0.415 e. The molecule has 0 saturated carbocycles. The summed E-state index contributed by atoms with van der Waals surface area (Å²) in [7, 11) is 0. The normalized spacial score (nSPS) is 14.4. The van der Waals surface area contributed by atoms with Crippen LogP contribution in [0, 0.1) is 0 Å². The molecule has 1 unspecified atom stereocenters. The van der Waals surface area contributed by atoms with E-state index in [2.05, 4.69) is 11.9 Å². The van der Waals surface area contributed by atoms with E-state index in [0.717, 1.165) is 5.57 Å². The van der Waals surface area contributed by atoms with Crippen molar-refractivity contribution >= 4 is 0 Å². The van der Waals surface area contributed by atoms with Gasteiger partial charge in [-0.3, -0.25) is 0 Å². The highest BCUT2D eigenvalue weighted by molar-refractivity contribution is 4.90. The van der Waals surface area contributed by atoms with Gasteiger partial charge in [-0.2, -0.15) is 13.2 Å². The Hall–Kier alpha value is -0.550. The van der Waals surface area contributed by atoms with E-state index in [1.807, 2.05) is 0 Å². The minimum Gasteiger partial charge on any atom is -0.382 e. The number of nitrogens with one attached hydrogen (secondary N) is 1. The second-order valence-electron chi connectivity index (χ2n) is 2.65. The summed E-state index contributed by atoms with van der Waals surface area (Å²) >= 11 is 0. The number of aliphatic hydroxyl groups is 1. The number of rotatable bonds is 4. The minimum atomic E-state index is -4.54. The smallest absolute Gasteiger partial charge is 0.382 e. The number of halogens is 3. The number of alkyl halides is 3. The zero-order valence-corrected chi connectivity index (χ0v) is 6.78. The van der Waals surface area contributed by atoms with E-state index in [0.29, 0.717) is 0 Å². The van der Waals surface area contributed by atoms with Gasteiger partial charge in [-0.05, 0) is 6.92 Å². The highest BCUT2D eigenvalue weighted by Crippen LogP contribution is 2.18. The van der Waals surface area contributed by atoms with Crippen molar-refractivity contribution in [2.45, 2.75) is 19.2 Å². The SMILES string of the molecule is C=C(C)CNCC(O)C(F)(F)F. The van der Waals surface area contributed by atoms with Gasteiger partial charge in [0.2, 0.25) is 0 Å². The van der Waals surface area contributed by atoms with Gasteiger partial charge in [0, 0.05) is 13.1 Å². The van der Waals surface area contributed by atoms with Gasteiger partial charge in [-0.15, -0.1) is 0 Å². The van der Waals surface area contributed by atoms with Crippen molar-refractivity contribution in [1.29, 1.82) is 0 Å². The van der Waals surface area contributed by atoms with E-state index in [4.69, 9.17) is 5.11 Å². The highest BCUT2D eigenvalue weighted by Gasteiger charge is 2.37. The molecule has 0 rings (SSSR count). The molecule has 72 valence electrons. The van der Waals surface area contributed by atoms with Crippen LogP contribution in [0.3, 0.4) is 0 Å². The minimum absolute atomic E-state index is 0.285. The monoisotopic (exact) mass is 183 g/mol. The van der Waals surface area contributed by atoms with E-state index in [9.17, 15) is 13.2 Å². The van der Waals surface area contributed by atoms with Crippen LogP contribution in [0.5, 0.6) is 0 Å². The summed E-state index contributed by atoms with van der Waals surface area (Å²) in [6, 6.07) is 0. The van der Waals surface area contributed by atoms with Crippen LogP contribution in [0.4, 0.5) is 13.2 Å². The van der Waals surface area contributed by atoms with Gasteiger partial charge in [-0.25, -0.2) is 0 Å². The first-order chi connectivity index (χ1) is 5.34. The van der Waals surface area contributed by atoms with Crippen molar-refractivity contribution in [3.05, 3.63) is 12.2 Å². The lowest BCUT2D eigenvalue weighted by Gasteiger charge is -2.14. The van der Waals surface area contributed by atoms with Crippen molar-refractivity contribution in [2.75, 3.05) is 13.1 Å². The number of aliphatic hydroxyl groups excluding tert-OH is 1. The molecule has 2 nitrogen and oxygen atoms in total. The fourth-order valence-electron chi connectivity index (χ4n) is 0.538. The predicted molar refractivity (Wildman–Crippen MR) is 39.7 cm³/mol. The van der Waals surface area contributed by atoms with Gasteiger partial charge in [0.15, 0.2) is 6.10 Å². The lowest BCUT2D eigenvalue weighted by molar-refractivity contribution is -0.201. The molecule has 0 fully saturated rings. The standard InChI is InChI=1S/C7H12F3NO/c1-5(2)3-11-4-6(12)7(8,9)10/h6,11-12H,1,3-4H2,2H3. The lowest BCUT2D eigenvalue weighted by Crippen LogP contribution is -2.38. The van der Waals surface area contributed by atoms with Gasteiger partial charge >= 0.3 is 6.18 Å². The average Bonchev–Trinajstić information content (AvgIpc) is 1.84. The molecule has 2 N–H and O–H groups in total. The van der Waals surface area contributed by atoms with E-state index < -0.39 is 18.8 Å². The van der Waals surface area contributed by atoms with Crippen LogP contribution in [-0.4, -0.2) is 30.5 Å². The Labute approximate surface area is 69.1 Å². The molecule has 0 bridgehead atoms. The van der Waals surface area contributed by atoms with Crippen LogP contribution < -0.4 is 5.32 Å². The van der Waals surface area contributed by atoms with Crippen molar-refractivity contribution in [2.24, 2.45) is 0 Å². The predicted octanol–water partition coefficient (Wildman–Crippen LogP) is 1.08. The molecule has 0 spiro atoms. The fraction of sp³-hybridized carbons (Fsp3) is 0.714. The maximum atomic E-state index is 11.7. The summed E-state index contributed by atoms with van der Waals surface area (Å²) in [5.41, 5.74) is 0.726. The second kappa shape index (κ2) is 4.47. The molecule has 0 aliphatic carbocycles. The Bertz CT molecular complexity index is 155. The molecule has 0 amide bonds. The summed E-state index contributed by atoms with van der Waals surface area (Å²) in [6.45, 7) is 4.97. The van der Waals surface area contributed by atoms with E-state index >= 15 is 0 Å². The Balaban J connectivity index is 3.58. The molecule has 0 heterocycles. The number of hydrogen-bond donors (Lipinski definition) is 2. The summed E-state index contributed by atoms with van der Waals surface area (Å²) < 4.78 is 35.0. The molecule has 0 saturated heterocycles. The van der Waals surface area contributed by atoms with Gasteiger partial charge < -0.3 is 10.4 Å². The zero-order valence-electron chi connectivity index (χ0n) is 6.78. The molecule has 0 aliphatic rings. The first-order valence-electron chi connectivity index (χ1n) is 3.44. The molecule has 0 aromatic carbocycles. The van der Waals surface area contributed by atoms with Crippen LogP contribution in [-0.2, 0) is 0 Å². The highest BCUT2D eigenvalue weighted by atomic mass is 19.4. The molecule has 0 aliphatic heterocycles. The zero-order chi connectivity index (χ0) is 9.78. The molecule has 12 heavy (non-hydrogen) atoms. The fourth-order valence-corrected chi connectivity index (χ4v) is 0.538. The van der Waals surface area contributed by atoms with Crippen LogP contribution >= 0.6 is 0 Å². The summed E-state index contributed by atoms with van der Waals surface area (Å²) in [5, 5.41) is 10.9. The maximum absolute atomic E-state index is 11.7. The van der Waals surface area contributed by atoms with Crippen LogP contribution in [0.2, 0.25) is 0 Å². The van der Waals surface area contributed by atoms with Gasteiger partial charge in [-0.1, -0.05) is 12.2 Å². The van der Waals surface area contributed by atoms with Gasteiger partial charge in [0.25, 0.3) is 0 Å². The van der Waals surface area contributed by atoms with Crippen molar-refractivity contribution in [1.82, 2.24) is 5.32 Å². The van der Waals surface area contributed by atoms with E-state index in [-0.39, 0.29) is 6.54 Å². The molecule has 0 aromatic heterocycles. The van der Waals surface area contributed by atoms with Crippen molar-refractivity contribution < 1.29 is 18.3 Å². The quantitative estimate of drug-likeness (QED) is 0.639. The van der Waals surface area contributed by atoms with E-state index in [1.165, 1.54) is 0 Å². The topological polar surface area (TPSA) is 32.3 Å². The Kier molecular flexibility index (Phi) is 4.26. The van der Waals surface area contributed by atoms with Crippen LogP contribution in [0.25, 0.3) is 0 Å². The van der Waals surface area contributed by atoms with Crippen molar-refractivity contribution in [3.8, 4) is 0 Å². The first-order valence-corrected chi connectivity index (χ1v) is 3.44. The van der Waals surface area contributed by atoms with Crippen LogP contribution in [0.15, 0.2) is 12.2 Å². The Morgan fingerprint density at radius 1 is 1.58 bits per heavy atom. The molecular weight excluding hydrogens is 171 g/mol. The van der Waals surface area contributed by atoms with Crippen molar-refractivity contribution in [3.63, 3.8) is 0 Å². The van der Waals surface area contributed by atoms with Crippen LogP contribution in [0.1, 0.15) is 6.92 Å². The third kappa shape index (κ3) is 5.15. The molecule has 0 aromatic rings. The summed E-state index contributed by atoms with van der Waals surface area (Å²) in [5.74, 6) is 0. The summed E-state index contributed by atoms with van der Waals surface area (Å²) in [4.78, 5) is 0. The molecular formula is C7H12F3NO. The average molecular weight is 183 g/mol. The first kappa shape index (κ1) is 11.4. The Morgan fingerprint density at radius 2 is 2.08 bits per heavy atom. The molecule has 1 atom stereocenters. The maximum Gasteiger partial charge on any atom is 0.415 e. The van der Waals surface area contributed by atoms with Gasteiger partial charge in [0.05, 0.1) is 0 Å². The third-order valence-corrected chi connectivity index (χ3v) is 1.14. The lowest BCUT2D eigenvalue weighted by atomic mass is 10.3. The summed E-state index contributed by atoms with van der Waals surface area (Å²) in [6.07, 6.45) is -6.83.